The van der Waals surface area contributed by atoms with Crippen LogP contribution < -0.4 is 0 Å². The molecule has 1 saturated heterocycles. The molecule has 2 heterocycles. The fourth-order valence-electron chi connectivity index (χ4n) is 4.97. The molecule has 1 N–H and O–H groups in total. The maximum absolute atomic E-state index is 11.7. The van der Waals surface area contributed by atoms with Crippen molar-refractivity contribution in [3.63, 3.8) is 0 Å². The van der Waals surface area contributed by atoms with E-state index in [1.54, 1.807) is 0 Å². The van der Waals surface area contributed by atoms with Crippen LogP contribution in [0.25, 0.3) is 11.1 Å². The first-order chi connectivity index (χ1) is 14.4. The van der Waals surface area contributed by atoms with Gasteiger partial charge >= 0.3 is 5.97 Å². The molecule has 0 radical (unpaired) electrons. The summed E-state index contributed by atoms with van der Waals surface area (Å²) in [5.41, 5.74) is 9.20. The summed E-state index contributed by atoms with van der Waals surface area (Å²) in [7, 11) is 0. The minimum Gasteiger partial charge on any atom is -0.481 e. The monoisotopic (exact) mass is 422 g/mol. The Morgan fingerprint density at radius 3 is 2.13 bits per heavy atom. The zero-order valence-electron chi connectivity index (χ0n) is 18.1. The van der Waals surface area contributed by atoms with E-state index < -0.39 is 5.97 Å². The van der Waals surface area contributed by atoms with Crippen LogP contribution in [0.1, 0.15) is 52.6 Å². The van der Waals surface area contributed by atoms with Gasteiger partial charge in [0, 0.05) is 26.2 Å². The topological polar surface area (TPSA) is 43.8 Å². The van der Waals surface area contributed by atoms with Crippen molar-refractivity contribution in [2.75, 3.05) is 13.1 Å². The summed E-state index contributed by atoms with van der Waals surface area (Å²) < 4.78 is 0. The zero-order chi connectivity index (χ0) is 21.4. The highest BCUT2D eigenvalue weighted by atomic mass is 32.1. The Morgan fingerprint density at radius 1 is 0.933 bits per heavy atom. The van der Waals surface area contributed by atoms with Crippen molar-refractivity contribution in [1.29, 1.82) is 0 Å². The lowest BCUT2D eigenvalue weighted by molar-refractivity contribution is -0.136. The second-order valence-electron chi connectivity index (χ2n) is 8.68. The molecule has 1 fully saturated rings. The molecule has 4 rings (SSSR count). The molecule has 0 aliphatic carbocycles. The van der Waals surface area contributed by atoms with Crippen molar-refractivity contribution < 1.29 is 9.90 Å². The fraction of sp³-hybridized carbons (Fsp3) is 0.440. The van der Waals surface area contributed by atoms with Crippen LogP contribution in [0.15, 0.2) is 24.3 Å². The van der Waals surface area contributed by atoms with Gasteiger partial charge in [-0.3, -0.25) is 4.79 Å². The molecule has 4 nitrogen and oxygen atoms in total. The summed E-state index contributed by atoms with van der Waals surface area (Å²) in [6, 6.07) is 8.42. The van der Waals surface area contributed by atoms with E-state index in [4.69, 9.17) is 12.2 Å². The molecule has 0 spiro atoms. The van der Waals surface area contributed by atoms with Crippen LogP contribution in [0.4, 0.5) is 0 Å². The van der Waals surface area contributed by atoms with Gasteiger partial charge in [0.2, 0.25) is 0 Å². The molecule has 2 aromatic carbocycles. The largest absolute Gasteiger partial charge is 0.481 e. The summed E-state index contributed by atoms with van der Waals surface area (Å²) in [5.74, 6) is -0.787. The summed E-state index contributed by atoms with van der Waals surface area (Å²) in [5, 5.41) is 10.6. The number of piperidine rings is 1. The van der Waals surface area contributed by atoms with E-state index in [9.17, 15) is 9.90 Å². The van der Waals surface area contributed by atoms with Gasteiger partial charge in [-0.2, -0.15) is 0 Å². The molecule has 0 unspecified atom stereocenters. The number of aliphatic carboxylic acids is 1. The van der Waals surface area contributed by atoms with Crippen LogP contribution in [-0.4, -0.2) is 39.1 Å². The molecule has 30 heavy (non-hydrogen) atoms. The van der Waals surface area contributed by atoms with Crippen molar-refractivity contribution in [2.45, 2.75) is 59.5 Å². The molecule has 0 atom stereocenters. The molecular weight excluding hydrogens is 392 g/mol. The normalized spacial score (nSPS) is 16.0. The number of aryl methyl sites for hydroxylation is 1. The average molecular weight is 423 g/mol. The molecular formula is C25H30N2O2S. The van der Waals surface area contributed by atoms with Crippen LogP contribution in [0, 0.1) is 20.8 Å². The Balaban J connectivity index is 1.76. The van der Waals surface area contributed by atoms with Crippen LogP contribution in [0.3, 0.4) is 0 Å². The number of fused-ring (bicyclic) bond motifs is 1. The lowest BCUT2D eigenvalue weighted by atomic mass is 9.84. The number of nitrogens with zero attached hydrogens (tertiary/aromatic N) is 2. The maximum Gasteiger partial charge on any atom is 0.307 e. The average Bonchev–Trinajstić information content (AvgIpc) is 3.19. The number of hydrogen-bond acceptors (Lipinski definition) is 2. The van der Waals surface area contributed by atoms with Crippen molar-refractivity contribution >= 4 is 23.3 Å². The van der Waals surface area contributed by atoms with Crippen LogP contribution in [-0.2, 0) is 24.3 Å². The molecule has 0 amide bonds. The molecule has 2 aliphatic rings. The quantitative estimate of drug-likeness (QED) is 0.706. The molecule has 2 aromatic rings. The highest BCUT2D eigenvalue weighted by molar-refractivity contribution is 7.80. The number of likely N-dealkylation sites (tertiary alicyclic amines) is 1. The SMILES string of the molecule is Cc1ccc(-c2c(C)c3c(c(C)c2CC(=O)O)CN(C(=S)N2CCCCC2)C3)cc1. The first kappa shape index (κ1) is 20.9. The molecule has 158 valence electrons. The van der Waals surface area contributed by atoms with E-state index in [0.717, 1.165) is 53.5 Å². The van der Waals surface area contributed by atoms with E-state index in [-0.39, 0.29) is 6.42 Å². The van der Waals surface area contributed by atoms with Crippen LogP contribution in [0.5, 0.6) is 0 Å². The zero-order valence-corrected chi connectivity index (χ0v) is 18.9. The van der Waals surface area contributed by atoms with Gasteiger partial charge in [-0.1, -0.05) is 29.8 Å². The summed E-state index contributed by atoms with van der Waals surface area (Å²) in [6.07, 6.45) is 3.74. The number of carbonyl (C=O) groups is 1. The molecule has 5 heteroatoms. The molecule has 2 aliphatic heterocycles. The van der Waals surface area contributed by atoms with E-state index in [1.165, 1.54) is 41.5 Å². The first-order valence-corrected chi connectivity index (χ1v) is 11.2. The summed E-state index contributed by atoms with van der Waals surface area (Å²) in [6.45, 7) is 9.98. The van der Waals surface area contributed by atoms with Gasteiger partial charge in [-0.05, 0) is 91.2 Å². The van der Waals surface area contributed by atoms with E-state index in [2.05, 4.69) is 54.8 Å². The third-order valence-corrected chi connectivity index (χ3v) is 7.18. The van der Waals surface area contributed by atoms with Gasteiger partial charge in [-0.15, -0.1) is 0 Å². The summed E-state index contributed by atoms with van der Waals surface area (Å²) >= 11 is 5.87. The number of benzene rings is 2. The van der Waals surface area contributed by atoms with Crippen LogP contribution in [0.2, 0.25) is 0 Å². The first-order valence-electron chi connectivity index (χ1n) is 10.8. The van der Waals surface area contributed by atoms with Gasteiger partial charge < -0.3 is 14.9 Å². The van der Waals surface area contributed by atoms with E-state index >= 15 is 0 Å². The van der Waals surface area contributed by atoms with E-state index in [0.29, 0.717) is 0 Å². The molecule has 0 saturated carbocycles. The van der Waals surface area contributed by atoms with Crippen molar-refractivity contribution in [1.82, 2.24) is 9.80 Å². The number of hydrogen-bond donors (Lipinski definition) is 1. The lowest BCUT2D eigenvalue weighted by Crippen LogP contribution is -2.43. The smallest absolute Gasteiger partial charge is 0.307 e. The number of rotatable bonds is 3. The van der Waals surface area contributed by atoms with Gasteiger partial charge in [-0.25, -0.2) is 0 Å². The Labute approximate surface area is 184 Å². The second-order valence-corrected chi connectivity index (χ2v) is 9.05. The third-order valence-electron chi connectivity index (χ3n) is 6.66. The molecule has 0 aromatic heterocycles. The highest BCUT2D eigenvalue weighted by Crippen LogP contribution is 2.40. The van der Waals surface area contributed by atoms with Crippen molar-refractivity contribution in [2.24, 2.45) is 0 Å². The van der Waals surface area contributed by atoms with Gasteiger partial charge in [0.25, 0.3) is 0 Å². The van der Waals surface area contributed by atoms with Crippen molar-refractivity contribution in [3.05, 3.63) is 57.6 Å². The highest BCUT2D eigenvalue weighted by Gasteiger charge is 2.31. The van der Waals surface area contributed by atoms with E-state index in [1.807, 2.05) is 0 Å². The van der Waals surface area contributed by atoms with Crippen molar-refractivity contribution in [3.8, 4) is 11.1 Å². The van der Waals surface area contributed by atoms with Gasteiger partial charge in [0.1, 0.15) is 0 Å². The number of carboxylic acids is 1. The number of carboxylic acid groups (broad SMARTS) is 1. The molecule has 0 bridgehead atoms. The number of thiocarbonyl (C=S) groups is 1. The maximum atomic E-state index is 11.7. The fourth-order valence-corrected chi connectivity index (χ4v) is 5.28. The predicted molar refractivity (Wildman–Crippen MR) is 125 cm³/mol. The predicted octanol–water partition coefficient (Wildman–Crippen LogP) is 4.99. The minimum absolute atomic E-state index is 0.0414. The van der Waals surface area contributed by atoms with Gasteiger partial charge in [0.15, 0.2) is 5.11 Å². The third kappa shape index (κ3) is 3.83. The Kier molecular flexibility index (Phi) is 5.83. The van der Waals surface area contributed by atoms with Gasteiger partial charge in [0.05, 0.1) is 6.42 Å². The Bertz CT molecular complexity index is 991. The standard InChI is InChI=1S/C25H30N2O2S/c1-16-7-9-19(10-8-16)24-18(3)22-15-27(25(30)26-11-5-4-6-12-26)14-21(22)17(2)20(24)13-23(28)29/h7-10H,4-6,11-15H2,1-3H3,(H,28,29). The Hall–Kier alpha value is -2.40. The van der Waals surface area contributed by atoms with Crippen LogP contribution >= 0.6 is 12.2 Å². The Morgan fingerprint density at radius 2 is 1.53 bits per heavy atom. The summed E-state index contributed by atoms with van der Waals surface area (Å²) in [4.78, 5) is 16.4. The second kappa shape index (κ2) is 8.38. The minimum atomic E-state index is -0.787. The lowest BCUT2D eigenvalue weighted by Gasteiger charge is -2.33.